The van der Waals surface area contributed by atoms with Gasteiger partial charge in [-0.1, -0.05) is 66.7 Å². The fourth-order valence-electron chi connectivity index (χ4n) is 3.13. The molecule has 0 aliphatic heterocycles. The van der Waals surface area contributed by atoms with Crippen LogP contribution in [0.25, 0.3) is 0 Å². The predicted octanol–water partition coefficient (Wildman–Crippen LogP) is 4.08. The number of anilines is 1. The fraction of sp³-hybridized carbons (Fsp3) is 0.125. The van der Waals surface area contributed by atoms with Gasteiger partial charge >= 0.3 is 0 Å². The maximum Gasteiger partial charge on any atom is 0.251 e. The van der Waals surface area contributed by atoms with Crippen molar-refractivity contribution >= 4 is 34.8 Å². The van der Waals surface area contributed by atoms with Crippen molar-refractivity contribution in [2.45, 2.75) is 12.8 Å². The Hall–Kier alpha value is -3.51. The first kappa shape index (κ1) is 21.2. The van der Waals surface area contributed by atoms with Crippen LogP contribution in [0.5, 0.6) is 0 Å². The third-order valence-corrected chi connectivity index (χ3v) is 4.69. The van der Waals surface area contributed by atoms with Crippen molar-refractivity contribution in [2.75, 3.05) is 11.9 Å². The molecule has 0 unspecified atom stereocenters. The van der Waals surface area contributed by atoms with Gasteiger partial charge in [-0.15, -0.1) is 0 Å². The third kappa shape index (κ3) is 5.52. The second-order valence-corrected chi connectivity index (χ2v) is 7.05. The summed E-state index contributed by atoms with van der Waals surface area (Å²) in [6.07, 6.45) is 0. The molecule has 0 bridgehead atoms. The molecule has 0 aliphatic carbocycles. The third-order valence-electron chi connectivity index (χ3n) is 4.48. The van der Waals surface area contributed by atoms with Gasteiger partial charge in [0.05, 0.1) is 5.92 Å². The highest BCUT2D eigenvalue weighted by Gasteiger charge is 2.23. The Bertz CT molecular complexity index is 983. The molecule has 0 radical (unpaired) electrons. The number of benzene rings is 3. The highest BCUT2D eigenvalue weighted by molar-refractivity contribution is 7.80. The maximum absolute atomic E-state index is 13.1. The van der Waals surface area contributed by atoms with Crippen molar-refractivity contribution in [1.29, 1.82) is 0 Å². The number of nitrogens with one attached hydrogen (secondary N) is 3. The molecule has 0 saturated heterocycles. The largest absolute Gasteiger partial charge is 0.352 e. The minimum atomic E-state index is -0.492. The normalized spacial score (nSPS) is 10.3. The van der Waals surface area contributed by atoms with Gasteiger partial charge < -0.3 is 16.0 Å². The summed E-state index contributed by atoms with van der Waals surface area (Å²) in [5.74, 6) is -0.886. The first-order valence-corrected chi connectivity index (χ1v) is 10.1. The van der Waals surface area contributed by atoms with Crippen LogP contribution < -0.4 is 16.0 Å². The Kier molecular flexibility index (Phi) is 7.29. The van der Waals surface area contributed by atoms with Crippen LogP contribution in [-0.2, 0) is 4.79 Å². The highest BCUT2D eigenvalue weighted by Crippen LogP contribution is 2.24. The van der Waals surface area contributed by atoms with Crippen LogP contribution in [0.1, 0.15) is 34.3 Å². The van der Waals surface area contributed by atoms with Crippen LogP contribution in [0.4, 0.5) is 5.69 Å². The summed E-state index contributed by atoms with van der Waals surface area (Å²) in [6, 6.07) is 26.1. The Morgan fingerprint density at radius 1 is 0.867 bits per heavy atom. The van der Waals surface area contributed by atoms with Crippen molar-refractivity contribution < 1.29 is 9.59 Å². The molecule has 0 aromatic heterocycles. The van der Waals surface area contributed by atoms with Gasteiger partial charge in [0.15, 0.2) is 5.11 Å². The molecule has 0 aliphatic rings. The molecule has 6 heteroatoms. The Labute approximate surface area is 181 Å². The molecule has 0 saturated carbocycles. The SMILES string of the molecule is CCNC(=O)c1cccc(NC(=S)NC(=O)C(c2ccccc2)c2ccccc2)c1. The number of carbonyl (C=O) groups excluding carboxylic acids is 2. The van der Waals surface area contributed by atoms with Crippen molar-refractivity contribution in [2.24, 2.45) is 0 Å². The molecule has 2 amide bonds. The molecule has 0 fully saturated rings. The topological polar surface area (TPSA) is 70.2 Å². The lowest BCUT2D eigenvalue weighted by Crippen LogP contribution is -2.38. The number of hydrogen-bond acceptors (Lipinski definition) is 3. The number of hydrogen-bond donors (Lipinski definition) is 3. The highest BCUT2D eigenvalue weighted by atomic mass is 32.1. The van der Waals surface area contributed by atoms with Crippen LogP contribution in [0.2, 0.25) is 0 Å². The molecule has 5 nitrogen and oxygen atoms in total. The van der Waals surface area contributed by atoms with E-state index in [1.165, 1.54) is 0 Å². The number of carbonyl (C=O) groups is 2. The molecular weight excluding hydrogens is 394 g/mol. The average Bonchev–Trinajstić information content (AvgIpc) is 2.75. The molecular formula is C24H23N3O2S. The minimum absolute atomic E-state index is 0.163. The van der Waals surface area contributed by atoms with Gasteiger partial charge in [0, 0.05) is 17.8 Å². The molecule has 3 aromatic carbocycles. The summed E-state index contributed by atoms with van der Waals surface area (Å²) in [7, 11) is 0. The summed E-state index contributed by atoms with van der Waals surface area (Å²) in [4.78, 5) is 25.1. The predicted molar refractivity (Wildman–Crippen MR) is 124 cm³/mol. The summed E-state index contributed by atoms with van der Waals surface area (Å²) in [5.41, 5.74) is 2.90. The van der Waals surface area contributed by atoms with Crippen LogP contribution in [0.15, 0.2) is 84.9 Å². The molecule has 0 heterocycles. The zero-order valence-corrected chi connectivity index (χ0v) is 17.4. The summed E-state index contributed by atoms with van der Waals surface area (Å²) >= 11 is 5.35. The van der Waals surface area contributed by atoms with E-state index in [1.807, 2.05) is 67.6 Å². The van der Waals surface area contributed by atoms with Gasteiger partial charge in [-0.25, -0.2) is 0 Å². The van der Waals surface area contributed by atoms with E-state index in [4.69, 9.17) is 12.2 Å². The van der Waals surface area contributed by atoms with Gasteiger partial charge in [0.2, 0.25) is 5.91 Å². The van der Waals surface area contributed by atoms with Crippen LogP contribution in [0, 0.1) is 0 Å². The van der Waals surface area contributed by atoms with Gasteiger partial charge in [-0.05, 0) is 48.5 Å². The number of rotatable bonds is 6. The van der Waals surface area contributed by atoms with E-state index in [2.05, 4.69) is 16.0 Å². The Morgan fingerprint density at radius 2 is 1.47 bits per heavy atom. The first-order valence-electron chi connectivity index (χ1n) is 9.68. The molecule has 30 heavy (non-hydrogen) atoms. The lowest BCUT2D eigenvalue weighted by molar-refractivity contribution is -0.120. The zero-order valence-electron chi connectivity index (χ0n) is 16.6. The van der Waals surface area contributed by atoms with E-state index in [0.717, 1.165) is 11.1 Å². The molecule has 3 aromatic rings. The van der Waals surface area contributed by atoms with Crippen molar-refractivity contribution in [1.82, 2.24) is 10.6 Å². The van der Waals surface area contributed by atoms with Crippen molar-refractivity contribution in [3.63, 3.8) is 0 Å². The quantitative estimate of drug-likeness (QED) is 0.529. The lowest BCUT2D eigenvalue weighted by Gasteiger charge is -2.19. The first-order chi connectivity index (χ1) is 14.6. The van der Waals surface area contributed by atoms with Gasteiger partial charge in [0.25, 0.3) is 5.91 Å². The smallest absolute Gasteiger partial charge is 0.251 e. The Balaban J connectivity index is 1.74. The molecule has 0 atom stereocenters. The zero-order chi connectivity index (χ0) is 21.3. The van der Waals surface area contributed by atoms with Crippen LogP contribution in [-0.4, -0.2) is 23.5 Å². The molecule has 3 rings (SSSR count). The van der Waals surface area contributed by atoms with E-state index in [-0.39, 0.29) is 16.9 Å². The molecule has 3 N–H and O–H groups in total. The van der Waals surface area contributed by atoms with Crippen LogP contribution in [0.3, 0.4) is 0 Å². The van der Waals surface area contributed by atoms with Crippen molar-refractivity contribution in [3.05, 3.63) is 102 Å². The second kappa shape index (κ2) is 10.3. The molecule has 0 spiro atoms. The average molecular weight is 418 g/mol. The van der Waals surface area contributed by atoms with Gasteiger partial charge in [0.1, 0.15) is 0 Å². The van der Waals surface area contributed by atoms with E-state index in [1.54, 1.807) is 24.3 Å². The fourth-order valence-corrected chi connectivity index (χ4v) is 3.35. The van der Waals surface area contributed by atoms with Crippen LogP contribution >= 0.6 is 12.2 Å². The van der Waals surface area contributed by atoms with E-state index >= 15 is 0 Å². The molecule has 152 valence electrons. The number of thiocarbonyl (C=S) groups is 1. The lowest BCUT2D eigenvalue weighted by atomic mass is 9.90. The second-order valence-electron chi connectivity index (χ2n) is 6.64. The summed E-state index contributed by atoms with van der Waals surface area (Å²) in [6.45, 7) is 2.41. The minimum Gasteiger partial charge on any atom is -0.352 e. The van der Waals surface area contributed by atoms with E-state index in [9.17, 15) is 9.59 Å². The van der Waals surface area contributed by atoms with Crippen molar-refractivity contribution in [3.8, 4) is 0 Å². The summed E-state index contributed by atoms with van der Waals surface area (Å²) < 4.78 is 0. The number of amides is 2. The van der Waals surface area contributed by atoms with E-state index in [0.29, 0.717) is 17.8 Å². The van der Waals surface area contributed by atoms with Gasteiger partial charge in [-0.3, -0.25) is 9.59 Å². The van der Waals surface area contributed by atoms with Gasteiger partial charge in [-0.2, -0.15) is 0 Å². The summed E-state index contributed by atoms with van der Waals surface area (Å²) in [5, 5.41) is 8.70. The standard InChI is InChI=1S/C24H23N3O2S/c1-2-25-22(28)19-14-9-15-20(16-19)26-24(30)27-23(29)21(17-10-5-3-6-11-17)18-12-7-4-8-13-18/h3-16,21H,2H2,1H3,(H,25,28)(H2,26,27,29,30). The maximum atomic E-state index is 13.1. The Morgan fingerprint density at radius 3 is 2.03 bits per heavy atom. The monoisotopic (exact) mass is 417 g/mol. The van der Waals surface area contributed by atoms with E-state index < -0.39 is 5.92 Å².